The van der Waals surface area contributed by atoms with Crippen LogP contribution in [0.2, 0.25) is 0 Å². The maximum atomic E-state index is 12.3. The molecule has 0 aliphatic carbocycles. The fraction of sp³-hybridized carbons (Fsp3) is 0.118. The highest BCUT2D eigenvalue weighted by Gasteiger charge is 2.16. The lowest BCUT2D eigenvalue weighted by atomic mass is 10.1. The second kappa shape index (κ2) is 6.31. The highest BCUT2D eigenvalue weighted by Crippen LogP contribution is 2.25. The first-order valence-electron chi connectivity index (χ1n) is 7.02. The molecule has 0 radical (unpaired) electrons. The minimum Gasteiger partial charge on any atom is -0.497 e. The quantitative estimate of drug-likeness (QED) is 0.800. The van der Waals surface area contributed by atoms with Gasteiger partial charge in [0.25, 0.3) is 5.91 Å². The van der Waals surface area contributed by atoms with Gasteiger partial charge in [-0.25, -0.2) is 4.63 Å². The Morgan fingerprint density at radius 2 is 1.91 bits per heavy atom. The summed E-state index contributed by atoms with van der Waals surface area (Å²) >= 11 is 0. The van der Waals surface area contributed by atoms with E-state index in [1.807, 2.05) is 31.2 Å². The molecule has 2 aromatic carbocycles. The van der Waals surface area contributed by atoms with Crippen molar-refractivity contribution in [2.45, 2.75) is 6.92 Å². The lowest BCUT2D eigenvalue weighted by molar-refractivity contribution is 0.102. The van der Waals surface area contributed by atoms with Gasteiger partial charge in [0.05, 0.1) is 7.11 Å². The third-order valence-corrected chi connectivity index (χ3v) is 3.38. The van der Waals surface area contributed by atoms with Crippen molar-refractivity contribution in [3.63, 3.8) is 0 Å². The highest BCUT2D eigenvalue weighted by molar-refractivity contribution is 6.05. The number of hydrogen-bond acceptors (Lipinski definition) is 5. The van der Waals surface area contributed by atoms with Crippen molar-refractivity contribution in [1.29, 1.82) is 0 Å². The van der Waals surface area contributed by atoms with Crippen LogP contribution < -0.4 is 10.1 Å². The van der Waals surface area contributed by atoms with Gasteiger partial charge in [-0.1, -0.05) is 35.9 Å². The molecule has 1 amide bonds. The summed E-state index contributed by atoms with van der Waals surface area (Å²) in [5.41, 5.74) is 2.90. The maximum absolute atomic E-state index is 12.3. The number of rotatable bonds is 4. The fourth-order valence-corrected chi connectivity index (χ4v) is 2.12. The molecule has 0 unspecified atom stereocenters. The molecule has 3 aromatic rings. The second-order valence-electron chi connectivity index (χ2n) is 5.01. The van der Waals surface area contributed by atoms with Gasteiger partial charge in [-0.05, 0) is 35.4 Å². The van der Waals surface area contributed by atoms with E-state index in [9.17, 15) is 4.79 Å². The van der Waals surface area contributed by atoms with E-state index in [1.54, 1.807) is 31.4 Å². The molecule has 0 fully saturated rings. The number of methoxy groups -OCH3 is 1. The molecule has 0 saturated heterocycles. The van der Waals surface area contributed by atoms with Gasteiger partial charge in [0, 0.05) is 11.1 Å². The number of ether oxygens (including phenoxy) is 1. The Hall–Kier alpha value is -3.15. The molecule has 3 rings (SSSR count). The first-order valence-corrected chi connectivity index (χ1v) is 7.02. The molecule has 1 N–H and O–H groups in total. The van der Waals surface area contributed by atoms with Crippen molar-refractivity contribution in [3.05, 3.63) is 59.7 Å². The molecule has 23 heavy (non-hydrogen) atoms. The standard InChI is InChI=1S/C17H15N3O3/c1-11-6-8-12(9-7-11)15-16(20-23-19-15)18-17(21)13-4-3-5-14(10-13)22-2/h3-10H,1-2H3,(H,18,20,21). The van der Waals surface area contributed by atoms with Crippen LogP contribution in [0, 0.1) is 6.92 Å². The van der Waals surface area contributed by atoms with E-state index in [0.29, 0.717) is 17.0 Å². The number of carbonyl (C=O) groups is 1. The van der Waals surface area contributed by atoms with Gasteiger partial charge in [-0.15, -0.1) is 0 Å². The summed E-state index contributed by atoms with van der Waals surface area (Å²) in [4.78, 5) is 12.3. The van der Waals surface area contributed by atoms with Crippen LogP contribution >= 0.6 is 0 Å². The summed E-state index contributed by atoms with van der Waals surface area (Å²) in [6, 6.07) is 14.6. The van der Waals surface area contributed by atoms with Gasteiger partial charge in [0.15, 0.2) is 5.69 Å². The number of hydrogen-bond donors (Lipinski definition) is 1. The van der Waals surface area contributed by atoms with E-state index in [4.69, 9.17) is 9.37 Å². The van der Waals surface area contributed by atoms with Crippen LogP contribution in [-0.2, 0) is 0 Å². The third-order valence-electron chi connectivity index (χ3n) is 3.38. The Morgan fingerprint density at radius 1 is 1.13 bits per heavy atom. The van der Waals surface area contributed by atoms with Gasteiger partial charge < -0.3 is 10.1 Å². The minimum atomic E-state index is -0.312. The fourth-order valence-electron chi connectivity index (χ4n) is 2.12. The number of nitrogens with zero attached hydrogens (tertiary/aromatic N) is 2. The Kier molecular flexibility index (Phi) is 4.05. The molecule has 0 spiro atoms. The predicted octanol–water partition coefficient (Wildman–Crippen LogP) is 3.31. The van der Waals surface area contributed by atoms with Crippen molar-refractivity contribution < 1.29 is 14.2 Å². The molecular weight excluding hydrogens is 294 g/mol. The molecule has 116 valence electrons. The van der Waals surface area contributed by atoms with Crippen LogP contribution in [0.3, 0.4) is 0 Å². The monoisotopic (exact) mass is 309 g/mol. The van der Waals surface area contributed by atoms with E-state index in [1.165, 1.54) is 0 Å². The Labute approximate surface area is 133 Å². The lowest BCUT2D eigenvalue weighted by Crippen LogP contribution is -2.12. The Morgan fingerprint density at radius 3 is 2.65 bits per heavy atom. The highest BCUT2D eigenvalue weighted by atomic mass is 16.6. The summed E-state index contributed by atoms with van der Waals surface area (Å²) in [6.07, 6.45) is 0. The van der Waals surface area contributed by atoms with Crippen molar-refractivity contribution in [1.82, 2.24) is 10.3 Å². The smallest absolute Gasteiger partial charge is 0.257 e. The van der Waals surface area contributed by atoms with E-state index in [0.717, 1.165) is 11.1 Å². The van der Waals surface area contributed by atoms with E-state index in [-0.39, 0.29) is 11.7 Å². The van der Waals surface area contributed by atoms with Crippen LogP contribution in [-0.4, -0.2) is 23.3 Å². The van der Waals surface area contributed by atoms with Crippen molar-refractivity contribution in [2.75, 3.05) is 12.4 Å². The molecule has 6 nitrogen and oxygen atoms in total. The number of aromatic nitrogens is 2. The van der Waals surface area contributed by atoms with Crippen LogP contribution in [0.1, 0.15) is 15.9 Å². The van der Waals surface area contributed by atoms with Crippen LogP contribution in [0.25, 0.3) is 11.3 Å². The lowest BCUT2D eigenvalue weighted by Gasteiger charge is -2.05. The number of benzene rings is 2. The van der Waals surface area contributed by atoms with Crippen molar-refractivity contribution in [3.8, 4) is 17.0 Å². The first-order chi connectivity index (χ1) is 11.2. The van der Waals surface area contributed by atoms with Gasteiger partial charge in [0.2, 0.25) is 5.82 Å². The zero-order valence-corrected chi connectivity index (χ0v) is 12.7. The van der Waals surface area contributed by atoms with Crippen molar-refractivity contribution in [2.24, 2.45) is 0 Å². The third kappa shape index (κ3) is 3.21. The van der Waals surface area contributed by atoms with Gasteiger partial charge >= 0.3 is 0 Å². The van der Waals surface area contributed by atoms with Gasteiger partial charge in [0.1, 0.15) is 5.75 Å². The molecule has 0 atom stereocenters. The molecule has 0 aliphatic heterocycles. The van der Waals surface area contributed by atoms with Crippen LogP contribution in [0.15, 0.2) is 53.2 Å². The van der Waals surface area contributed by atoms with Crippen molar-refractivity contribution >= 4 is 11.7 Å². The number of aryl methyl sites for hydroxylation is 1. The van der Waals surface area contributed by atoms with E-state index < -0.39 is 0 Å². The second-order valence-corrected chi connectivity index (χ2v) is 5.01. The topological polar surface area (TPSA) is 77.2 Å². The van der Waals surface area contributed by atoms with E-state index in [2.05, 4.69) is 15.6 Å². The summed E-state index contributed by atoms with van der Waals surface area (Å²) in [5.74, 6) is 0.573. The summed E-state index contributed by atoms with van der Waals surface area (Å²) in [6.45, 7) is 2.00. The summed E-state index contributed by atoms with van der Waals surface area (Å²) in [5, 5.41) is 10.4. The predicted molar refractivity (Wildman–Crippen MR) is 85.4 cm³/mol. The molecule has 1 heterocycles. The largest absolute Gasteiger partial charge is 0.497 e. The molecule has 0 saturated carbocycles. The van der Waals surface area contributed by atoms with E-state index >= 15 is 0 Å². The molecular formula is C17H15N3O3. The number of amides is 1. The summed E-state index contributed by atoms with van der Waals surface area (Å²) in [7, 11) is 1.55. The first kappa shape index (κ1) is 14.8. The summed E-state index contributed by atoms with van der Waals surface area (Å²) < 4.78 is 9.89. The molecule has 6 heteroatoms. The zero-order valence-electron chi connectivity index (χ0n) is 12.7. The van der Waals surface area contributed by atoms with Crippen LogP contribution in [0.4, 0.5) is 5.82 Å². The Bertz CT molecular complexity index is 825. The van der Waals surface area contributed by atoms with Crippen LogP contribution in [0.5, 0.6) is 5.75 Å². The average molecular weight is 309 g/mol. The van der Waals surface area contributed by atoms with Gasteiger partial charge in [-0.3, -0.25) is 4.79 Å². The number of anilines is 1. The Balaban J connectivity index is 1.85. The molecule has 0 bridgehead atoms. The molecule has 0 aliphatic rings. The average Bonchev–Trinajstić information content (AvgIpc) is 3.03. The van der Waals surface area contributed by atoms with Gasteiger partial charge in [-0.2, -0.15) is 0 Å². The zero-order chi connectivity index (χ0) is 16.2. The SMILES string of the molecule is COc1cccc(C(=O)Nc2nonc2-c2ccc(C)cc2)c1. The normalized spacial score (nSPS) is 10.3. The number of nitrogens with one attached hydrogen (secondary N) is 1. The molecule has 1 aromatic heterocycles. The number of carbonyl (C=O) groups excluding carboxylic acids is 1. The minimum absolute atomic E-state index is 0.279. The maximum Gasteiger partial charge on any atom is 0.257 e.